The lowest BCUT2D eigenvalue weighted by Crippen LogP contribution is -2.28. The number of carbonyl (C=O) groups excluding carboxylic acids is 1. The van der Waals surface area contributed by atoms with Crippen LogP contribution < -0.4 is 10.8 Å². The van der Waals surface area contributed by atoms with Gasteiger partial charge in [-0.05, 0) is 53.8 Å². The normalized spacial score (nSPS) is 12.0. The van der Waals surface area contributed by atoms with Gasteiger partial charge < -0.3 is 10.4 Å². The number of rotatable bonds is 6. The third kappa shape index (κ3) is 5.00. The van der Waals surface area contributed by atoms with Gasteiger partial charge in [-0.2, -0.15) is 0 Å². The first-order chi connectivity index (χ1) is 12.2. The highest BCUT2D eigenvalue weighted by Crippen LogP contribution is 2.32. The second-order valence-electron chi connectivity index (χ2n) is 5.25. The summed E-state index contributed by atoms with van der Waals surface area (Å²) < 4.78 is 42.3. The molecule has 3 N–H and O–H groups in total. The first-order valence-corrected chi connectivity index (χ1v) is 8.66. The Hall–Kier alpha value is -1.56. The van der Waals surface area contributed by atoms with Gasteiger partial charge in [0.15, 0.2) is 17.5 Å². The van der Waals surface area contributed by atoms with Gasteiger partial charge >= 0.3 is 0 Å². The molecule has 26 heavy (non-hydrogen) atoms. The van der Waals surface area contributed by atoms with Crippen LogP contribution in [0.5, 0.6) is 0 Å². The molecular formula is C16H13ClF3IN2O3. The monoisotopic (exact) mass is 500 g/mol. The number of carbonyl (C=O) groups is 1. The molecule has 0 radical (unpaired) electrons. The molecule has 0 aliphatic heterocycles. The molecule has 0 aromatic heterocycles. The van der Waals surface area contributed by atoms with Gasteiger partial charge in [-0.15, -0.1) is 0 Å². The highest BCUT2D eigenvalue weighted by Gasteiger charge is 2.24. The van der Waals surface area contributed by atoms with Crippen LogP contribution in [0, 0.1) is 21.0 Å². The molecule has 140 valence electrons. The predicted octanol–water partition coefficient (Wildman–Crippen LogP) is 4.15. The minimum absolute atomic E-state index is 0.191. The van der Waals surface area contributed by atoms with Crippen molar-refractivity contribution >= 4 is 51.5 Å². The molecule has 0 heterocycles. The van der Waals surface area contributed by atoms with E-state index in [0.717, 1.165) is 3.57 Å². The first kappa shape index (κ1) is 20.7. The Labute approximate surface area is 165 Å². The SMILES string of the molecule is CC(O)CONC(=O)c1cc(F)c(F)c(F)c1Nc1ccc(I)cc1Cl. The van der Waals surface area contributed by atoms with Crippen molar-refractivity contribution in [2.75, 3.05) is 11.9 Å². The van der Waals surface area contributed by atoms with E-state index in [4.69, 9.17) is 21.5 Å². The summed E-state index contributed by atoms with van der Waals surface area (Å²) in [5.74, 6) is -5.90. The minimum Gasteiger partial charge on any atom is -0.391 e. The number of amides is 1. The molecule has 0 aliphatic rings. The van der Waals surface area contributed by atoms with Crippen molar-refractivity contribution in [1.29, 1.82) is 0 Å². The number of nitrogens with one attached hydrogen (secondary N) is 2. The summed E-state index contributed by atoms with van der Waals surface area (Å²) in [5, 5.41) is 11.8. The Kier molecular flexibility index (Phi) is 7.09. The van der Waals surface area contributed by atoms with Crippen LogP contribution >= 0.6 is 34.2 Å². The van der Waals surface area contributed by atoms with Crippen LogP contribution in [0.2, 0.25) is 5.02 Å². The summed E-state index contributed by atoms with van der Waals surface area (Å²) >= 11 is 8.05. The van der Waals surface area contributed by atoms with Gasteiger partial charge in [0.1, 0.15) is 6.61 Å². The maximum atomic E-state index is 14.2. The quantitative estimate of drug-likeness (QED) is 0.317. The van der Waals surface area contributed by atoms with Gasteiger partial charge in [-0.1, -0.05) is 11.6 Å². The third-order valence-corrected chi connectivity index (χ3v) is 4.07. The molecule has 5 nitrogen and oxygen atoms in total. The van der Waals surface area contributed by atoms with E-state index in [1.54, 1.807) is 12.1 Å². The molecule has 2 rings (SSSR count). The van der Waals surface area contributed by atoms with Gasteiger partial charge in [0, 0.05) is 3.57 Å². The van der Waals surface area contributed by atoms with Crippen LogP contribution in [0.4, 0.5) is 24.5 Å². The van der Waals surface area contributed by atoms with Crippen molar-refractivity contribution < 1.29 is 27.9 Å². The van der Waals surface area contributed by atoms with E-state index in [2.05, 4.69) is 5.32 Å². The number of hydrogen-bond acceptors (Lipinski definition) is 4. The number of anilines is 2. The van der Waals surface area contributed by atoms with Gasteiger partial charge in [0.25, 0.3) is 5.91 Å². The van der Waals surface area contributed by atoms with Gasteiger partial charge in [0.2, 0.25) is 0 Å². The molecular weight excluding hydrogens is 488 g/mol. The summed E-state index contributed by atoms with van der Waals surface area (Å²) in [5.41, 5.74) is 0.969. The highest BCUT2D eigenvalue weighted by molar-refractivity contribution is 14.1. The number of halogens is 5. The van der Waals surface area contributed by atoms with E-state index in [1.807, 2.05) is 28.1 Å². The average Bonchev–Trinajstić information content (AvgIpc) is 2.56. The average molecular weight is 501 g/mol. The summed E-state index contributed by atoms with van der Waals surface area (Å²) in [7, 11) is 0. The van der Waals surface area contributed by atoms with Crippen molar-refractivity contribution in [1.82, 2.24) is 5.48 Å². The molecule has 1 unspecified atom stereocenters. The van der Waals surface area contributed by atoms with Gasteiger partial charge in [-0.25, -0.2) is 18.7 Å². The van der Waals surface area contributed by atoms with Gasteiger partial charge in [0.05, 0.1) is 28.1 Å². The summed E-state index contributed by atoms with van der Waals surface area (Å²) in [6.07, 6.45) is -0.875. The molecule has 10 heteroatoms. The number of aliphatic hydroxyl groups excluding tert-OH is 1. The van der Waals surface area contributed by atoms with E-state index in [9.17, 15) is 18.0 Å². The molecule has 1 amide bonds. The van der Waals surface area contributed by atoms with Crippen LogP contribution in [0.1, 0.15) is 17.3 Å². The lowest BCUT2D eigenvalue weighted by molar-refractivity contribution is -0.00686. The van der Waals surface area contributed by atoms with Crippen molar-refractivity contribution in [2.24, 2.45) is 0 Å². The van der Waals surface area contributed by atoms with Crippen LogP contribution in [0.3, 0.4) is 0 Å². The molecule has 1 atom stereocenters. The largest absolute Gasteiger partial charge is 0.391 e. The summed E-state index contributed by atoms with van der Waals surface area (Å²) in [4.78, 5) is 16.9. The summed E-state index contributed by atoms with van der Waals surface area (Å²) in [6, 6.07) is 5.24. The Balaban J connectivity index is 2.39. The standard InChI is InChI=1S/C16H13ClF3IN2O3/c1-7(24)6-26-23-16(25)9-5-11(18)13(19)14(20)15(9)22-12-3-2-8(21)4-10(12)17/h2-5,7,22,24H,6H2,1H3,(H,23,25). The zero-order chi connectivity index (χ0) is 19.4. The van der Waals surface area contributed by atoms with E-state index in [0.29, 0.717) is 6.07 Å². The van der Waals surface area contributed by atoms with Crippen LogP contribution in [0.25, 0.3) is 0 Å². The van der Waals surface area contributed by atoms with Crippen molar-refractivity contribution in [3.63, 3.8) is 0 Å². The van der Waals surface area contributed by atoms with E-state index < -0.39 is 40.7 Å². The van der Waals surface area contributed by atoms with E-state index >= 15 is 0 Å². The highest BCUT2D eigenvalue weighted by atomic mass is 127. The second-order valence-corrected chi connectivity index (χ2v) is 6.90. The third-order valence-electron chi connectivity index (χ3n) is 3.09. The Morgan fingerprint density at radius 3 is 2.62 bits per heavy atom. The molecule has 0 bridgehead atoms. The molecule has 0 spiro atoms. The molecule has 0 saturated heterocycles. The fourth-order valence-electron chi connectivity index (χ4n) is 1.90. The van der Waals surface area contributed by atoms with Crippen molar-refractivity contribution in [3.05, 3.63) is 55.9 Å². The van der Waals surface area contributed by atoms with Crippen molar-refractivity contribution in [3.8, 4) is 0 Å². The fourth-order valence-corrected chi connectivity index (χ4v) is 2.81. The lowest BCUT2D eigenvalue weighted by atomic mass is 10.1. The Bertz CT molecular complexity index is 837. The Morgan fingerprint density at radius 1 is 1.31 bits per heavy atom. The number of hydrogen-bond donors (Lipinski definition) is 3. The number of benzene rings is 2. The fraction of sp³-hybridized carbons (Fsp3) is 0.188. The van der Waals surface area contributed by atoms with Gasteiger partial charge in [-0.3, -0.25) is 9.63 Å². The van der Waals surface area contributed by atoms with Crippen LogP contribution in [-0.2, 0) is 4.84 Å². The maximum Gasteiger partial charge on any atom is 0.277 e. The van der Waals surface area contributed by atoms with E-state index in [-0.39, 0.29) is 17.3 Å². The molecule has 0 saturated carbocycles. The molecule has 2 aromatic carbocycles. The topological polar surface area (TPSA) is 70.6 Å². The minimum atomic E-state index is -1.74. The maximum absolute atomic E-state index is 14.2. The summed E-state index contributed by atoms with van der Waals surface area (Å²) in [6.45, 7) is 1.17. The molecule has 0 aliphatic carbocycles. The zero-order valence-corrected chi connectivity index (χ0v) is 16.2. The van der Waals surface area contributed by atoms with Crippen LogP contribution in [0.15, 0.2) is 24.3 Å². The Morgan fingerprint density at radius 2 is 2.00 bits per heavy atom. The smallest absolute Gasteiger partial charge is 0.277 e. The zero-order valence-electron chi connectivity index (χ0n) is 13.2. The first-order valence-electron chi connectivity index (χ1n) is 7.20. The number of aliphatic hydroxyl groups is 1. The second kappa shape index (κ2) is 8.89. The predicted molar refractivity (Wildman–Crippen MR) is 98.9 cm³/mol. The number of hydroxylamine groups is 1. The van der Waals surface area contributed by atoms with Crippen molar-refractivity contribution in [2.45, 2.75) is 13.0 Å². The lowest BCUT2D eigenvalue weighted by Gasteiger charge is -2.15. The molecule has 0 fully saturated rings. The molecule has 2 aromatic rings. The van der Waals surface area contributed by atoms with E-state index in [1.165, 1.54) is 13.0 Å². The van der Waals surface area contributed by atoms with Crippen LogP contribution in [-0.4, -0.2) is 23.7 Å².